The Labute approximate surface area is 173 Å². The average molecular weight is 445 g/mol. The summed E-state index contributed by atoms with van der Waals surface area (Å²) >= 11 is 3.46. The number of hydrazine groups is 1. The number of hydrogen-bond donors (Lipinski definition) is 2. The molecule has 6 nitrogen and oxygen atoms in total. The van der Waals surface area contributed by atoms with Gasteiger partial charge in [0.05, 0.1) is 7.11 Å². The van der Waals surface area contributed by atoms with E-state index in [4.69, 9.17) is 4.74 Å². The zero-order valence-corrected chi connectivity index (χ0v) is 17.5. The molecule has 7 heteroatoms. The van der Waals surface area contributed by atoms with E-state index in [1.165, 1.54) is 5.56 Å². The maximum Gasteiger partial charge on any atom is 0.241 e. The third-order valence-electron chi connectivity index (χ3n) is 5.48. The molecule has 1 amide bonds. The van der Waals surface area contributed by atoms with E-state index in [-0.39, 0.29) is 18.0 Å². The molecule has 2 aromatic carbocycles. The molecule has 148 valence electrons. The predicted molar refractivity (Wildman–Crippen MR) is 113 cm³/mol. The standard InChI is InChI=1S/C21H25BrN4O2/c1-28-18-4-2-3-17(13-18)25-9-11-26(12-10-25)21(27)20-14-19(23-24-20)15-5-7-16(22)8-6-15/h2-8,13,19-20,23-24H,9-12,14H2,1H3. The molecule has 0 radical (unpaired) electrons. The molecule has 4 rings (SSSR count). The summed E-state index contributed by atoms with van der Waals surface area (Å²) in [5.41, 5.74) is 8.79. The van der Waals surface area contributed by atoms with Gasteiger partial charge in [-0.15, -0.1) is 0 Å². The van der Waals surface area contributed by atoms with E-state index in [1.54, 1.807) is 7.11 Å². The van der Waals surface area contributed by atoms with E-state index in [9.17, 15) is 4.79 Å². The van der Waals surface area contributed by atoms with Crippen molar-refractivity contribution in [2.75, 3.05) is 38.2 Å². The summed E-state index contributed by atoms with van der Waals surface area (Å²) in [7, 11) is 1.68. The van der Waals surface area contributed by atoms with Crippen LogP contribution in [0.1, 0.15) is 18.0 Å². The predicted octanol–water partition coefficient (Wildman–Crippen LogP) is 2.71. The lowest BCUT2D eigenvalue weighted by atomic mass is 10.0. The number of carbonyl (C=O) groups excluding carboxylic acids is 1. The molecule has 0 saturated carbocycles. The fourth-order valence-corrected chi connectivity index (χ4v) is 4.11. The molecule has 2 heterocycles. The highest BCUT2D eigenvalue weighted by Gasteiger charge is 2.34. The van der Waals surface area contributed by atoms with Crippen LogP contribution in [-0.2, 0) is 4.79 Å². The summed E-state index contributed by atoms with van der Waals surface area (Å²) in [6.45, 7) is 3.12. The fourth-order valence-electron chi connectivity index (χ4n) is 3.84. The molecule has 28 heavy (non-hydrogen) atoms. The number of benzene rings is 2. The van der Waals surface area contributed by atoms with Crippen molar-refractivity contribution in [2.45, 2.75) is 18.5 Å². The second-order valence-electron chi connectivity index (χ2n) is 7.19. The van der Waals surface area contributed by atoms with Gasteiger partial charge in [-0.1, -0.05) is 34.1 Å². The van der Waals surface area contributed by atoms with Gasteiger partial charge in [0.15, 0.2) is 0 Å². The summed E-state index contributed by atoms with van der Waals surface area (Å²) in [6.07, 6.45) is 0.760. The zero-order chi connectivity index (χ0) is 19.5. The molecule has 2 unspecified atom stereocenters. The Hall–Kier alpha value is -2.09. The molecule has 2 N–H and O–H groups in total. The number of anilines is 1. The monoisotopic (exact) mass is 444 g/mol. The van der Waals surface area contributed by atoms with Crippen molar-refractivity contribution in [1.29, 1.82) is 0 Å². The van der Waals surface area contributed by atoms with E-state index in [0.29, 0.717) is 0 Å². The van der Waals surface area contributed by atoms with E-state index in [2.05, 4.69) is 49.9 Å². The molecule has 2 aliphatic heterocycles. The molecule has 2 fully saturated rings. The van der Waals surface area contributed by atoms with Crippen LogP contribution in [0.15, 0.2) is 53.0 Å². The van der Waals surface area contributed by atoms with Gasteiger partial charge < -0.3 is 14.5 Å². The number of hydrogen-bond acceptors (Lipinski definition) is 5. The van der Waals surface area contributed by atoms with Crippen LogP contribution in [0.5, 0.6) is 5.75 Å². The van der Waals surface area contributed by atoms with Crippen LogP contribution < -0.4 is 20.5 Å². The molecule has 2 atom stereocenters. The van der Waals surface area contributed by atoms with Crippen molar-refractivity contribution in [2.24, 2.45) is 0 Å². The second kappa shape index (κ2) is 8.51. The zero-order valence-electron chi connectivity index (χ0n) is 15.9. The number of rotatable bonds is 4. The molecule has 2 aromatic rings. The maximum absolute atomic E-state index is 13.0. The number of methoxy groups -OCH3 is 1. The number of ether oxygens (including phenoxy) is 1. The largest absolute Gasteiger partial charge is 0.497 e. The Kier molecular flexibility index (Phi) is 5.85. The topological polar surface area (TPSA) is 56.8 Å². The van der Waals surface area contributed by atoms with Crippen LogP contribution in [0.2, 0.25) is 0 Å². The molecule has 2 saturated heterocycles. The summed E-state index contributed by atoms with van der Waals surface area (Å²) < 4.78 is 6.38. The van der Waals surface area contributed by atoms with Gasteiger partial charge in [0.2, 0.25) is 5.91 Å². The third kappa shape index (κ3) is 4.16. The molecular weight excluding hydrogens is 420 g/mol. The number of halogens is 1. The summed E-state index contributed by atoms with van der Waals surface area (Å²) in [5, 5.41) is 0. The third-order valence-corrected chi connectivity index (χ3v) is 6.01. The first-order valence-electron chi connectivity index (χ1n) is 9.58. The van der Waals surface area contributed by atoms with Crippen LogP contribution in [0, 0.1) is 0 Å². The molecule has 2 aliphatic rings. The first-order valence-corrected chi connectivity index (χ1v) is 10.4. The average Bonchev–Trinajstić information content (AvgIpc) is 3.24. The van der Waals surface area contributed by atoms with Gasteiger partial charge in [-0.25, -0.2) is 10.9 Å². The first-order chi connectivity index (χ1) is 13.6. The maximum atomic E-state index is 13.0. The Morgan fingerprint density at radius 2 is 1.82 bits per heavy atom. The second-order valence-corrected chi connectivity index (χ2v) is 8.11. The van der Waals surface area contributed by atoms with Crippen LogP contribution in [-0.4, -0.2) is 50.1 Å². The van der Waals surface area contributed by atoms with Gasteiger partial charge in [-0.05, 0) is 36.2 Å². The Morgan fingerprint density at radius 3 is 2.54 bits per heavy atom. The number of nitrogens with one attached hydrogen (secondary N) is 2. The quantitative estimate of drug-likeness (QED) is 0.758. The lowest BCUT2D eigenvalue weighted by Gasteiger charge is -2.37. The van der Waals surface area contributed by atoms with Crippen LogP contribution in [0.4, 0.5) is 5.69 Å². The molecular formula is C21H25BrN4O2. The van der Waals surface area contributed by atoms with Crippen molar-refractivity contribution < 1.29 is 9.53 Å². The van der Waals surface area contributed by atoms with Gasteiger partial charge in [0.25, 0.3) is 0 Å². The lowest BCUT2D eigenvalue weighted by molar-refractivity contribution is -0.133. The summed E-state index contributed by atoms with van der Waals surface area (Å²) in [4.78, 5) is 17.2. The number of piperazine rings is 1. The van der Waals surface area contributed by atoms with Crippen LogP contribution >= 0.6 is 15.9 Å². The molecule has 0 aliphatic carbocycles. The van der Waals surface area contributed by atoms with Crippen LogP contribution in [0.25, 0.3) is 0 Å². The van der Waals surface area contributed by atoms with E-state index < -0.39 is 0 Å². The van der Waals surface area contributed by atoms with E-state index in [0.717, 1.165) is 48.5 Å². The Balaban J connectivity index is 1.32. The summed E-state index contributed by atoms with van der Waals surface area (Å²) in [5.74, 6) is 1.04. The van der Waals surface area contributed by atoms with Crippen molar-refractivity contribution >= 4 is 27.5 Å². The van der Waals surface area contributed by atoms with Gasteiger partial charge in [0.1, 0.15) is 11.8 Å². The molecule has 0 spiro atoms. The van der Waals surface area contributed by atoms with Gasteiger partial charge in [-0.2, -0.15) is 0 Å². The number of nitrogens with zero attached hydrogens (tertiary/aromatic N) is 2. The number of amides is 1. The first kappa shape index (κ1) is 19.2. The van der Waals surface area contributed by atoms with Crippen LogP contribution in [0.3, 0.4) is 0 Å². The van der Waals surface area contributed by atoms with Crippen molar-refractivity contribution in [3.8, 4) is 5.75 Å². The van der Waals surface area contributed by atoms with Gasteiger partial charge in [-0.3, -0.25) is 4.79 Å². The highest BCUT2D eigenvalue weighted by atomic mass is 79.9. The van der Waals surface area contributed by atoms with E-state index >= 15 is 0 Å². The van der Waals surface area contributed by atoms with Crippen molar-refractivity contribution in [3.05, 3.63) is 58.6 Å². The lowest BCUT2D eigenvalue weighted by Crippen LogP contribution is -2.53. The molecule has 0 aromatic heterocycles. The minimum absolute atomic E-state index is 0.153. The highest BCUT2D eigenvalue weighted by molar-refractivity contribution is 9.10. The van der Waals surface area contributed by atoms with Gasteiger partial charge >= 0.3 is 0 Å². The minimum Gasteiger partial charge on any atom is -0.497 e. The summed E-state index contributed by atoms with van der Waals surface area (Å²) in [6, 6.07) is 16.3. The fraction of sp³-hybridized carbons (Fsp3) is 0.381. The smallest absolute Gasteiger partial charge is 0.241 e. The van der Waals surface area contributed by atoms with Crippen molar-refractivity contribution in [1.82, 2.24) is 15.8 Å². The Morgan fingerprint density at radius 1 is 1.07 bits per heavy atom. The van der Waals surface area contributed by atoms with Crippen molar-refractivity contribution in [3.63, 3.8) is 0 Å². The SMILES string of the molecule is COc1cccc(N2CCN(C(=O)C3CC(c4ccc(Br)cc4)NN3)CC2)c1. The van der Waals surface area contributed by atoms with E-state index in [1.807, 2.05) is 35.2 Å². The highest BCUT2D eigenvalue weighted by Crippen LogP contribution is 2.26. The normalized spacial score (nSPS) is 22.4. The van der Waals surface area contributed by atoms with Gasteiger partial charge in [0, 0.05) is 48.4 Å². The molecule has 0 bridgehead atoms. The number of carbonyl (C=O) groups is 1. The Bertz CT molecular complexity index is 821. The minimum atomic E-state index is -0.183.